The fraction of sp³-hybridized carbons (Fsp3) is 0.438. The Labute approximate surface area is 134 Å². The van der Waals surface area contributed by atoms with Crippen molar-refractivity contribution in [1.82, 2.24) is 10.3 Å². The third-order valence-electron chi connectivity index (χ3n) is 3.06. The fourth-order valence-electron chi connectivity index (χ4n) is 1.97. The summed E-state index contributed by atoms with van der Waals surface area (Å²) in [7, 11) is 1.99. The number of benzene rings is 1. The van der Waals surface area contributed by atoms with Crippen LogP contribution in [0.5, 0.6) is 0 Å². The van der Waals surface area contributed by atoms with Gasteiger partial charge in [0.2, 0.25) is 0 Å². The molecule has 2 rings (SSSR count). The van der Waals surface area contributed by atoms with E-state index in [0.29, 0.717) is 11.9 Å². The number of nitrogens with zero attached hydrogens (tertiary/aromatic N) is 2. The van der Waals surface area contributed by atoms with E-state index in [2.05, 4.69) is 52.2 Å². The van der Waals surface area contributed by atoms with Gasteiger partial charge in [0.15, 0.2) is 0 Å². The van der Waals surface area contributed by atoms with Crippen LogP contribution in [0.2, 0.25) is 0 Å². The zero-order chi connectivity index (χ0) is 15.2. The Hall–Kier alpha value is -1.33. The molecule has 0 aliphatic carbocycles. The lowest BCUT2D eigenvalue weighted by atomic mass is 10.2. The Morgan fingerprint density at radius 1 is 1.29 bits per heavy atom. The Kier molecular flexibility index (Phi) is 5.82. The van der Waals surface area contributed by atoms with E-state index in [1.54, 1.807) is 6.26 Å². The Balaban J connectivity index is 1.89. The van der Waals surface area contributed by atoms with Crippen LogP contribution in [0.3, 0.4) is 0 Å². The van der Waals surface area contributed by atoms with E-state index in [-0.39, 0.29) is 0 Å². The first kappa shape index (κ1) is 16.0. The molecule has 0 spiro atoms. The summed E-state index contributed by atoms with van der Waals surface area (Å²) in [4.78, 5) is 6.52. The quantitative estimate of drug-likeness (QED) is 0.823. The molecule has 0 aliphatic heterocycles. The van der Waals surface area contributed by atoms with Crippen molar-refractivity contribution in [2.45, 2.75) is 26.9 Å². The van der Waals surface area contributed by atoms with Gasteiger partial charge in [0, 0.05) is 24.6 Å². The van der Waals surface area contributed by atoms with Gasteiger partial charge >= 0.3 is 0 Å². The molecule has 0 fully saturated rings. The third kappa shape index (κ3) is 5.17. The van der Waals surface area contributed by atoms with Crippen LogP contribution in [0.25, 0.3) is 0 Å². The standard InChI is InChI=1S/C16H22BrN3O/c1-12(2)8-18-9-15-11-21-16(19-15)20(3)10-13-4-6-14(17)7-5-13/h4-7,11-12,18H,8-10H2,1-3H3. The largest absolute Gasteiger partial charge is 0.432 e. The lowest BCUT2D eigenvalue weighted by Crippen LogP contribution is -2.20. The zero-order valence-corrected chi connectivity index (χ0v) is 14.4. The maximum absolute atomic E-state index is 5.55. The maximum atomic E-state index is 5.55. The first-order valence-corrected chi connectivity index (χ1v) is 7.94. The molecule has 4 nitrogen and oxygen atoms in total. The van der Waals surface area contributed by atoms with Gasteiger partial charge in [-0.05, 0) is 30.2 Å². The van der Waals surface area contributed by atoms with Crippen LogP contribution in [0.1, 0.15) is 25.1 Å². The van der Waals surface area contributed by atoms with Crippen molar-refractivity contribution < 1.29 is 4.42 Å². The van der Waals surface area contributed by atoms with Crippen LogP contribution in [0.15, 0.2) is 39.4 Å². The molecular formula is C16H22BrN3O. The van der Waals surface area contributed by atoms with E-state index in [1.165, 1.54) is 5.56 Å². The molecule has 1 aromatic carbocycles. The van der Waals surface area contributed by atoms with Gasteiger partial charge in [0.25, 0.3) is 6.01 Å². The average Bonchev–Trinajstić information content (AvgIpc) is 2.90. The smallest absolute Gasteiger partial charge is 0.297 e. The summed E-state index contributed by atoms with van der Waals surface area (Å²) < 4.78 is 6.63. The van der Waals surface area contributed by atoms with Crippen LogP contribution in [0.4, 0.5) is 6.01 Å². The van der Waals surface area contributed by atoms with Crippen molar-refractivity contribution in [3.05, 3.63) is 46.3 Å². The van der Waals surface area contributed by atoms with Gasteiger partial charge in [-0.3, -0.25) is 0 Å². The highest BCUT2D eigenvalue weighted by Gasteiger charge is 2.09. The highest BCUT2D eigenvalue weighted by molar-refractivity contribution is 9.10. The average molecular weight is 352 g/mol. The fourth-order valence-corrected chi connectivity index (χ4v) is 2.24. The van der Waals surface area contributed by atoms with Crippen LogP contribution in [-0.4, -0.2) is 18.6 Å². The van der Waals surface area contributed by atoms with Crippen LogP contribution in [-0.2, 0) is 13.1 Å². The predicted octanol–water partition coefficient (Wildman–Crippen LogP) is 3.82. The molecule has 114 valence electrons. The lowest BCUT2D eigenvalue weighted by Gasteiger charge is -2.14. The molecule has 0 unspecified atom stereocenters. The molecule has 0 bridgehead atoms. The Morgan fingerprint density at radius 2 is 2.00 bits per heavy atom. The molecular weight excluding hydrogens is 330 g/mol. The Morgan fingerprint density at radius 3 is 2.67 bits per heavy atom. The molecule has 21 heavy (non-hydrogen) atoms. The van der Waals surface area contributed by atoms with Crippen molar-refractivity contribution >= 4 is 21.9 Å². The number of nitrogens with one attached hydrogen (secondary N) is 1. The minimum atomic E-state index is 0.636. The van der Waals surface area contributed by atoms with Gasteiger partial charge in [-0.1, -0.05) is 41.9 Å². The van der Waals surface area contributed by atoms with Crippen molar-refractivity contribution in [2.24, 2.45) is 5.92 Å². The van der Waals surface area contributed by atoms with E-state index in [1.807, 2.05) is 24.1 Å². The zero-order valence-electron chi connectivity index (χ0n) is 12.8. The van der Waals surface area contributed by atoms with E-state index in [0.717, 1.165) is 29.8 Å². The minimum Gasteiger partial charge on any atom is -0.432 e. The van der Waals surface area contributed by atoms with Crippen molar-refractivity contribution in [3.63, 3.8) is 0 Å². The number of halogens is 1. The van der Waals surface area contributed by atoms with E-state index in [9.17, 15) is 0 Å². The summed E-state index contributed by atoms with van der Waals surface area (Å²) in [6.07, 6.45) is 1.72. The van der Waals surface area contributed by atoms with Gasteiger partial charge in [0.1, 0.15) is 6.26 Å². The van der Waals surface area contributed by atoms with Gasteiger partial charge in [0.05, 0.1) is 5.69 Å². The van der Waals surface area contributed by atoms with E-state index < -0.39 is 0 Å². The number of rotatable bonds is 7. The Bertz CT molecular complexity index is 551. The number of oxazole rings is 1. The summed E-state index contributed by atoms with van der Waals surface area (Å²) in [5, 5.41) is 3.36. The number of hydrogen-bond acceptors (Lipinski definition) is 4. The van der Waals surface area contributed by atoms with Crippen molar-refractivity contribution in [3.8, 4) is 0 Å². The molecule has 0 saturated heterocycles. The second-order valence-electron chi connectivity index (χ2n) is 5.63. The molecule has 1 aromatic heterocycles. The highest BCUT2D eigenvalue weighted by atomic mass is 79.9. The van der Waals surface area contributed by atoms with Gasteiger partial charge in [-0.2, -0.15) is 4.98 Å². The number of hydrogen-bond donors (Lipinski definition) is 1. The summed E-state index contributed by atoms with van der Waals surface area (Å²) in [6, 6.07) is 8.92. The molecule has 1 heterocycles. The highest BCUT2D eigenvalue weighted by Crippen LogP contribution is 2.16. The molecule has 2 aromatic rings. The van der Waals surface area contributed by atoms with Crippen LogP contribution in [0, 0.1) is 5.92 Å². The molecule has 5 heteroatoms. The minimum absolute atomic E-state index is 0.636. The normalized spacial score (nSPS) is 11.1. The monoisotopic (exact) mass is 351 g/mol. The molecule has 0 saturated carbocycles. The van der Waals surface area contributed by atoms with Crippen LogP contribution < -0.4 is 10.2 Å². The first-order chi connectivity index (χ1) is 10.0. The molecule has 0 aliphatic rings. The SMILES string of the molecule is CC(C)CNCc1coc(N(C)Cc2ccc(Br)cc2)n1. The number of aromatic nitrogens is 1. The predicted molar refractivity (Wildman–Crippen MR) is 89.3 cm³/mol. The van der Waals surface area contributed by atoms with Crippen LogP contribution >= 0.6 is 15.9 Å². The summed E-state index contributed by atoms with van der Waals surface area (Å²) in [6.45, 7) is 6.87. The second-order valence-corrected chi connectivity index (χ2v) is 6.54. The van der Waals surface area contributed by atoms with Gasteiger partial charge in [-0.25, -0.2) is 0 Å². The van der Waals surface area contributed by atoms with Gasteiger partial charge < -0.3 is 14.6 Å². The lowest BCUT2D eigenvalue weighted by molar-refractivity contribution is 0.535. The summed E-state index contributed by atoms with van der Waals surface area (Å²) in [5.74, 6) is 0.636. The van der Waals surface area contributed by atoms with E-state index in [4.69, 9.17) is 4.42 Å². The van der Waals surface area contributed by atoms with Gasteiger partial charge in [-0.15, -0.1) is 0 Å². The number of anilines is 1. The first-order valence-electron chi connectivity index (χ1n) is 7.15. The van der Waals surface area contributed by atoms with Crippen molar-refractivity contribution in [2.75, 3.05) is 18.5 Å². The summed E-state index contributed by atoms with van der Waals surface area (Å²) in [5.41, 5.74) is 2.16. The van der Waals surface area contributed by atoms with Crippen molar-refractivity contribution in [1.29, 1.82) is 0 Å². The molecule has 0 radical (unpaired) electrons. The maximum Gasteiger partial charge on any atom is 0.297 e. The molecule has 0 atom stereocenters. The van der Waals surface area contributed by atoms with E-state index >= 15 is 0 Å². The third-order valence-corrected chi connectivity index (χ3v) is 3.59. The molecule has 0 amide bonds. The summed E-state index contributed by atoms with van der Waals surface area (Å²) >= 11 is 3.44. The second kappa shape index (κ2) is 7.61. The topological polar surface area (TPSA) is 41.3 Å². The molecule has 1 N–H and O–H groups in total.